The first-order valence-corrected chi connectivity index (χ1v) is 11.3. The zero-order valence-corrected chi connectivity index (χ0v) is 19.4. The highest BCUT2D eigenvalue weighted by atomic mass is 32.1. The summed E-state index contributed by atoms with van der Waals surface area (Å²) < 4.78 is 6.54. The van der Waals surface area contributed by atoms with Gasteiger partial charge in [-0.3, -0.25) is 9.59 Å². The van der Waals surface area contributed by atoms with Crippen molar-refractivity contribution in [2.24, 2.45) is 5.10 Å². The Morgan fingerprint density at radius 3 is 2.74 bits per heavy atom. The van der Waals surface area contributed by atoms with Crippen LogP contribution in [0.15, 0.2) is 71.8 Å². The van der Waals surface area contributed by atoms with E-state index in [1.54, 1.807) is 29.5 Å². The summed E-state index contributed by atoms with van der Waals surface area (Å²) in [4.78, 5) is 25.8. The second-order valence-electron chi connectivity index (χ2n) is 7.48. The number of phenols is 1. The average Bonchev–Trinajstić information content (AvgIpc) is 3.27. The van der Waals surface area contributed by atoms with Gasteiger partial charge in [-0.05, 0) is 47.9 Å². The van der Waals surface area contributed by atoms with Crippen LogP contribution in [0, 0.1) is 11.3 Å². The number of fused-ring (bicyclic) bond motifs is 1. The van der Waals surface area contributed by atoms with Gasteiger partial charge in [0.1, 0.15) is 17.6 Å². The van der Waals surface area contributed by atoms with E-state index in [0.717, 1.165) is 15.0 Å². The Morgan fingerprint density at radius 1 is 1.14 bits per heavy atom. The van der Waals surface area contributed by atoms with E-state index < -0.39 is 5.91 Å². The van der Waals surface area contributed by atoms with Crippen molar-refractivity contribution in [3.63, 3.8) is 0 Å². The van der Waals surface area contributed by atoms with E-state index in [1.807, 2.05) is 36.4 Å². The zero-order valence-electron chi connectivity index (χ0n) is 18.6. The third kappa shape index (κ3) is 5.63. The summed E-state index contributed by atoms with van der Waals surface area (Å²) in [6, 6.07) is 20.9. The molecule has 8 nitrogen and oxygen atoms in total. The van der Waals surface area contributed by atoms with Crippen molar-refractivity contribution in [1.29, 1.82) is 5.26 Å². The molecule has 0 atom stereocenters. The number of thiophene rings is 1. The van der Waals surface area contributed by atoms with Gasteiger partial charge in [-0.15, -0.1) is 11.3 Å². The Labute approximate surface area is 205 Å². The van der Waals surface area contributed by atoms with E-state index in [9.17, 15) is 14.7 Å². The molecule has 174 valence electrons. The maximum Gasteiger partial charge on any atom is 0.271 e. The highest BCUT2D eigenvalue weighted by Gasteiger charge is 2.11. The number of hydrazone groups is 1. The largest absolute Gasteiger partial charge is 0.507 e. The van der Waals surface area contributed by atoms with Gasteiger partial charge >= 0.3 is 0 Å². The van der Waals surface area contributed by atoms with E-state index in [-0.39, 0.29) is 29.2 Å². The second kappa shape index (κ2) is 10.5. The van der Waals surface area contributed by atoms with Gasteiger partial charge in [-0.25, -0.2) is 5.43 Å². The molecule has 0 unspecified atom stereocenters. The molecule has 0 saturated heterocycles. The summed E-state index contributed by atoms with van der Waals surface area (Å²) in [7, 11) is 1.49. The summed E-state index contributed by atoms with van der Waals surface area (Å²) in [6.07, 6.45) is 1.67. The van der Waals surface area contributed by atoms with Crippen LogP contribution in [0.1, 0.15) is 26.4 Å². The predicted octanol–water partition coefficient (Wildman–Crippen LogP) is 4.43. The molecule has 4 rings (SSSR count). The number of nitrogens with zero attached hydrogens (tertiary/aromatic N) is 2. The van der Waals surface area contributed by atoms with Crippen LogP contribution in [0.25, 0.3) is 10.1 Å². The van der Waals surface area contributed by atoms with Crippen LogP contribution in [0.4, 0.5) is 5.69 Å². The minimum absolute atomic E-state index is 0.00621. The molecule has 0 aliphatic carbocycles. The van der Waals surface area contributed by atoms with Gasteiger partial charge in [0, 0.05) is 32.5 Å². The summed E-state index contributed by atoms with van der Waals surface area (Å²) in [6.45, 7) is 0. The van der Waals surface area contributed by atoms with Gasteiger partial charge in [-0.1, -0.05) is 18.2 Å². The summed E-state index contributed by atoms with van der Waals surface area (Å²) in [5.74, 6) is -0.424. The number of hydrogen-bond acceptors (Lipinski definition) is 7. The lowest BCUT2D eigenvalue weighted by Crippen LogP contribution is -2.17. The Bertz CT molecular complexity index is 1450. The van der Waals surface area contributed by atoms with Gasteiger partial charge in [0.2, 0.25) is 5.91 Å². The topological polar surface area (TPSA) is 124 Å². The third-order valence-corrected chi connectivity index (χ3v) is 6.19. The molecule has 2 amide bonds. The van der Waals surface area contributed by atoms with Crippen molar-refractivity contribution in [2.75, 3.05) is 12.4 Å². The van der Waals surface area contributed by atoms with Crippen molar-refractivity contribution >= 4 is 45.1 Å². The number of aromatic hydroxyl groups is 1. The van der Waals surface area contributed by atoms with Crippen molar-refractivity contribution in [2.45, 2.75) is 6.42 Å². The third-order valence-electron chi connectivity index (χ3n) is 5.08. The van der Waals surface area contributed by atoms with Gasteiger partial charge in [0.25, 0.3) is 5.91 Å². The average molecular weight is 485 g/mol. The highest BCUT2D eigenvalue weighted by molar-refractivity contribution is 7.19. The monoisotopic (exact) mass is 484 g/mol. The first-order valence-electron chi connectivity index (χ1n) is 10.5. The minimum atomic E-state index is -0.540. The van der Waals surface area contributed by atoms with Gasteiger partial charge < -0.3 is 15.2 Å². The molecule has 0 spiro atoms. The van der Waals surface area contributed by atoms with Crippen LogP contribution in [0.5, 0.6) is 11.5 Å². The molecule has 0 aliphatic heterocycles. The van der Waals surface area contributed by atoms with Gasteiger partial charge in [0.15, 0.2) is 0 Å². The Hall–Kier alpha value is -4.68. The molecule has 3 aromatic carbocycles. The van der Waals surface area contributed by atoms with Gasteiger partial charge in [0.05, 0.1) is 25.3 Å². The molecule has 1 aromatic heterocycles. The molecule has 9 heteroatoms. The Kier molecular flexibility index (Phi) is 7.04. The smallest absolute Gasteiger partial charge is 0.271 e. The number of benzene rings is 3. The van der Waals surface area contributed by atoms with E-state index in [0.29, 0.717) is 17.0 Å². The molecule has 0 aliphatic rings. The number of amides is 2. The van der Waals surface area contributed by atoms with Crippen LogP contribution in [-0.2, 0) is 11.2 Å². The molecule has 0 radical (unpaired) electrons. The molecular weight excluding hydrogens is 464 g/mol. The maximum absolute atomic E-state index is 12.5. The standard InChI is InChI=1S/C26H20N4O4S/c1-34-23-12-20(29-25(32)13-21-11-16-4-2-3-5-24(16)35-21)8-6-18(23)15-28-30-26(33)17-7-9-22(31)19(10-17)14-27/h2-12,15,31H,13H2,1H3,(H,29,32)(H,30,33)/b28-15+. The van der Waals surface area contributed by atoms with E-state index in [4.69, 9.17) is 10.00 Å². The molecule has 0 bridgehead atoms. The number of ether oxygens (including phenoxy) is 1. The first-order chi connectivity index (χ1) is 17.0. The van der Waals surface area contributed by atoms with Gasteiger partial charge in [-0.2, -0.15) is 10.4 Å². The maximum atomic E-state index is 12.5. The first kappa shape index (κ1) is 23.5. The van der Waals surface area contributed by atoms with Crippen LogP contribution < -0.4 is 15.5 Å². The minimum Gasteiger partial charge on any atom is -0.507 e. The predicted molar refractivity (Wildman–Crippen MR) is 135 cm³/mol. The van der Waals surface area contributed by atoms with Crippen LogP contribution >= 0.6 is 11.3 Å². The number of carbonyl (C=O) groups is 2. The lowest BCUT2D eigenvalue weighted by molar-refractivity contribution is -0.115. The fourth-order valence-corrected chi connectivity index (χ4v) is 4.44. The fourth-order valence-electron chi connectivity index (χ4n) is 3.37. The highest BCUT2D eigenvalue weighted by Crippen LogP contribution is 2.26. The second-order valence-corrected chi connectivity index (χ2v) is 8.64. The molecule has 0 fully saturated rings. The summed E-state index contributed by atoms with van der Waals surface area (Å²) >= 11 is 1.59. The van der Waals surface area contributed by atoms with E-state index in [2.05, 4.69) is 15.8 Å². The number of nitriles is 1. The SMILES string of the molecule is COc1cc(NC(=O)Cc2cc3ccccc3s2)ccc1/C=N/NC(=O)c1ccc(O)c(C#N)c1. The number of anilines is 1. The van der Waals surface area contributed by atoms with Crippen molar-refractivity contribution in [3.8, 4) is 17.6 Å². The van der Waals surface area contributed by atoms with E-state index in [1.165, 1.54) is 31.5 Å². The Balaban J connectivity index is 1.39. The van der Waals surface area contributed by atoms with Crippen molar-refractivity contribution < 1.29 is 19.4 Å². The van der Waals surface area contributed by atoms with Crippen LogP contribution in [-0.4, -0.2) is 30.2 Å². The molecular formula is C26H20N4O4S. The van der Waals surface area contributed by atoms with Crippen molar-refractivity contribution in [1.82, 2.24) is 5.43 Å². The molecule has 0 saturated carbocycles. The number of methoxy groups -OCH3 is 1. The number of hydrogen-bond donors (Lipinski definition) is 3. The van der Waals surface area contributed by atoms with Crippen LogP contribution in [0.3, 0.4) is 0 Å². The molecule has 1 heterocycles. The summed E-state index contributed by atoms with van der Waals surface area (Å²) in [5, 5.41) is 26.5. The zero-order chi connectivity index (χ0) is 24.8. The van der Waals surface area contributed by atoms with Crippen LogP contribution in [0.2, 0.25) is 0 Å². The number of rotatable bonds is 7. The number of carbonyl (C=O) groups excluding carboxylic acids is 2. The quantitative estimate of drug-likeness (QED) is 0.264. The van der Waals surface area contributed by atoms with Crippen molar-refractivity contribution in [3.05, 3.63) is 88.3 Å². The number of nitrogens with one attached hydrogen (secondary N) is 2. The molecule has 4 aromatic rings. The molecule has 35 heavy (non-hydrogen) atoms. The number of phenolic OH excluding ortho intramolecular Hbond substituents is 1. The lowest BCUT2D eigenvalue weighted by atomic mass is 10.1. The molecule has 3 N–H and O–H groups in total. The Morgan fingerprint density at radius 2 is 1.97 bits per heavy atom. The van der Waals surface area contributed by atoms with E-state index >= 15 is 0 Å². The lowest BCUT2D eigenvalue weighted by Gasteiger charge is -2.09. The normalized spacial score (nSPS) is 10.7. The summed E-state index contributed by atoms with van der Waals surface area (Å²) in [5.41, 5.74) is 3.70. The fraction of sp³-hybridized carbons (Fsp3) is 0.0769.